The van der Waals surface area contributed by atoms with E-state index in [1.807, 2.05) is 0 Å². The first kappa shape index (κ1) is 12.0. The van der Waals surface area contributed by atoms with Gasteiger partial charge < -0.3 is 38.9 Å². The lowest BCUT2D eigenvalue weighted by molar-refractivity contribution is -0.343. The standard InChI is InChI=1S/C5H11O8P/c6-3-2(1-12-14(9,10)11)13-5(8)4(3)7/h2-8H,1H2,(H2,9,10,11)/p-2/t2-,3-,4-,5?/m1/s1/i1+1,2+1,3+1,4+1,5+1. The molecule has 0 amide bonds. The highest BCUT2D eigenvalue weighted by atomic mass is 31.2. The predicted molar refractivity (Wildman–Crippen MR) is 36.5 cm³/mol. The van der Waals surface area contributed by atoms with Gasteiger partial charge in [0.1, 0.15) is 18.3 Å². The molecule has 3 N–H and O–H groups in total. The van der Waals surface area contributed by atoms with Gasteiger partial charge in [-0.05, 0) is 0 Å². The molecule has 0 radical (unpaired) electrons. The van der Waals surface area contributed by atoms with Crippen LogP contribution in [-0.2, 0) is 13.8 Å². The summed E-state index contributed by atoms with van der Waals surface area (Å²) in [5.41, 5.74) is 0. The molecule has 1 aliphatic rings. The van der Waals surface area contributed by atoms with Crippen LogP contribution in [0, 0.1) is 0 Å². The maximum absolute atomic E-state index is 10.0. The van der Waals surface area contributed by atoms with Crippen LogP contribution in [0.2, 0.25) is 0 Å². The van der Waals surface area contributed by atoms with Crippen LogP contribution in [0.1, 0.15) is 0 Å². The van der Waals surface area contributed by atoms with Crippen LogP contribution in [-0.4, -0.2) is 46.5 Å². The third kappa shape index (κ3) is 2.97. The Morgan fingerprint density at radius 2 is 1.86 bits per heavy atom. The average molecular weight is 233 g/mol. The van der Waals surface area contributed by atoms with E-state index in [4.69, 9.17) is 15.3 Å². The Hall–Kier alpha value is -0.0500. The van der Waals surface area contributed by atoms with Crippen molar-refractivity contribution in [1.29, 1.82) is 0 Å². The molecule has 1 fully saturated rings. The fraction of sp³-hybridized carbons (Fsp3) is 1.00. The second-order valence-corrected chi connectivity index (χ2v) is 3.94. The van der Waals surface area contributed by atoms with Gasteiger partial charge in [0.25, 0.3) is 0 Å². The van der Waals surface area contributed by atoms with Crippen molar-refractivity contribution in [2.75, 3.05) is 6.61 Å². The van der Waals surface area contributed by atoms with Gasteiger partial charge in [-0.15, -0.1) is 0 Å². The van der Waals surface area contributed by atoms with Crippen LogP contribution in [0.5, 0.6) is 0 Å². The molecular weight excluding hydrogens is 224 g/mol. The van der Waals surface area contributed by atoms with Crippen LogP contribution < -0.4 is 9.79 Å². The molecule has 1 rings (SSSR count). The summed E-state index contributed by atoms with van der Waals surface area (Å²) in [4.78, 5) is 20.1. The molecule has 0 aromatic rings. The molecule has 0 aromatic carbocycles. The van der Waals surface area contributed by atoms with Crippen LogP contribution in [0.4, 0.5) is 0 Å². The summed E-state index contributed by atoms with van der Waals surface area (Å²) in [7, 11) is -5.14. The van der Waals surface area contributed by atoms with Gasteiger partial charge in [0.2, 0.25) is 0 Å². The Balaban J connectivity index is 2.44. The number of phosphoric ester groups is 1. The molecular formula is C5H9O8P-2. The van der Waals surface area contributed by atoms with Crippen molar-refractivity contribution in [1.82, 2.24) is 0 Å². The van der Waals surface area contributed by atoms with Gasteiger partial charge in [0.15, 0.2) is 6.29 Å². The lowest BCUT2D eigenvalue weighted by atomic mass is 11.1. The van der Waals surface area contributed by atoms with Crippen LogP contribution in [0.25, 0.3) is 0 Å². The summed E-state index contributed by atoms with van der Waals surface area (Å²) in [5, 5.41) is 26.9. The van der Waals surface area contributed by atoms with Crippen molar-refractivity contribution in [2.24, 2.45) is 0 Å². The summed E-state index contributed by atoms with van der Waals surface area (Å²) >= 11 is 0. The third-order valence-corrected chi connectivity index (χ3v) is 2.20. The predicted octanol–water partition coefficient (Wildman–Crippen LogP) is -3.73. The molecule has 0 aliphatic carbocycles. The van der Waals surface area contributed by atoms with Crippen molar-refractivity contribution >= 4 is 7.82 Å². The van der Waals surface area contributed by atoms with E-state index in [1.165, 1.54) is 0 Å². The van der Waals surface area contributed by atoms with Gasteiger partial charge in [-0.25, -0.2) is 0 Å². The van der Waals surface area contributed by atoms with E-state index in [0.29, 0.717) is 0 Å². The Kier molecular flexibility index (Phi) is 3.62. The van der Waals surface area contributed by atoms with Crippen molar-refractivity contribution in [3.8, 4) is 0 Å². The SMILES string of the molecule is O=P([O-])([O-])O[13CH2][13C@H]1O[13CH](O)[13C@H](O)[13C@@H]1O. The highest BCUT2D eigenvalue weighted by Crippen LogP contribution is 2.28. The molecule has 0 saturated carbocycles. The number of ether oxygens (including phenoxy) is 1. The highest BCUT2D eigenvalue weighted by Gasteiger charge is 2.41. The fourth-order valence-electron chi connectivity index (χ4n) is 1.03. The smallest absolute Gasteiger partial charge is 0.184 e. The minimum atomic E-state index is -5.14. The first-order chi connectivity index (χ1) is 6.31. The van der Waals surface area contributed by atoms with Crippen molar-refractivity contribution in [3.05, 3.63) is 0 Å². The molecule has 1 heterocycles. The van der Waals surface area contributed by atoms with Crippen LogP contribution >= 0.6 is 7.82 Å². The lowest BCUT2D eigenvalue weighted by Gasteiger charge is -2.30. The normalized spacial score (nSPS) is 38.9. The summed E-state index contributed by atoms with van der Waals surface area (Å²) in [6.07, 6.45) is -5.88. The molecule has 4 atom stereocenters. The highest BCUT2D eigenvalue weighted by molar-refractivity contribution is 7.43. The van der Waals surface area contributed by atoms with Crippen LogP contribution in [0.3, 0.4) is 0 Å². The molecule has 0 spiro atoms. The summed E-state index contributed by atoms with van der Waals surface area (Å²) in [6.45, 7) is -0.737. The average Bonchev–Trinajstić information content (AvgIpc) is 2.28. The Labute approximate surface area is 78.9 Å². The minimum Gasteiger partial charge on any atom is -0.790 e. The molecule has 1 saturated heterocycles. The van der Waals surface area contributed by atoms with E-state index in [2.05, 4.69) is 9.26 Å². The first-order valence-electron chi connectivity index (χ1n) is 3.67. The van der Waals surface area contributed by atoms with E-state index in [0.717, 1.165) is 0 Å². The number of phosphoric acid groups is 1. The van der Waals surface area contributed by atoms with E-state index in [1.54, 1.807) is 0 Å². The first-order valence-corrected chi connectivity index (χ1v) is 5.13. The topological polar surface area (TPSA) is 142 Å². The van der Waals surface area contributed by atoms with Crippen LogP contribution in [0.15, 0.2) is 0 Å². The molecule has 14 heavy (non-hydrogen) atoms. The zero-order chi connectivity index (χ0) is 10.9. The maximum Gasteiger partial charge on any atom is 0.184 e. The Morgan fingerprint density at radius 3 is 2.21 bits per heavy atom. The largest absolute Gasteiger partial charge is 0.790 e. The lowest BCUT2D eigenvalue weighted by Crippen LogP contribution is -2.35. The molecule has 0 aromatic heterocycles. The van der Waals surface area contributed by atoms with E-state index < -0.39 is 39.0 Å². The van der Waals surface area contributed by atoms with E-state index in [-0.39, 0.29) is 0 Å². The number of hydrogen-bond donors (Lipinski definition) is 3. The van der Waals surface area contributed by atoms with Gasteiger partial charge in [0, 0.05) is 0 Å². The molecule has 1 unspecified atom stereocenters. The molecule has 8 nitrogen and oxygen atoms in total. The minimum absolute atomic E-state index is 0.737. The Morgan fingerprint density at radius 1 is 1.29 bits per heavy atom. The van der Waals surface area contributed by atoms with Crippen molar-refractivity contribution < 1.29 is 38.9 Å². The number of rotatable bonds is 3. The fourth-order valence-corrected chi connectivity index (χ4v) is 1.36. The van der Waals surface area contributed by atoms with Gasteiger partial charge in [-0.3, -0.25) is 0 Å². The third-order valence-electron chi connectivity index (χ3n) is 1.73. The summed E-state index contributed by atoms with van der Waals surface area (Å²) < 4.78 is 18.4. The summed E-state index contributed by atoms with van der Waals surface area (Å²) in [5.74, 6) is 0. The Bertz CT molecular complexity index is 238. The van der Waals surface area contributed by atoms with Crippen molar-refractivity contribution in [3.63, 3.8) is 0 Å². The van der Waals surface area contributed by atoms with Crippen molar-refractivity contribution in [2.45, 2.75) is 24.6 Å². The second-order valence-electron chi connectivity index (χ2n) is 2.79. The van der Waals surface area contributed by atoms with Gasteiger partial charge in [-0.1, -0.05) is 0 Å². The zero-order valence-corrected chi connectivity index (χ0v) is 7.74. The number of aliphatic hydroxyl groups excluding tert-OH is 3. The maximum atomic E-state index is 10.0. The molecule has 1 aliphatic heterocycles. The molecule has 9 heteroatoms. The quantitative estimate of drug-likeness (QED) is 0.333. The molecule has 0 bridgehead atoms. The zero-order valence-electron chi connectivity index (χ0n) is 6.85. The summed E-state index contributed by atoms with van der Waals surface area (Å²) in [6, 6.07) is 0. The monoisotopic (exact) mass is 233 g/mol. The van der Waals surface area contributed by atoms with E-state index >= 15 is 0 Å². The molecule has 84 valence electrons. The van der Waals surface area contributed by atoms with Gasteiger partial charge >= 0.3 is 0 Å². The number of hydrogen-bond acceptors (Lipinski definition) is 8. The van der Waals surface area contributed by atoms with E-state index in [9.17, 15) is 14.4 Å². The number of aliphatic hydroxyl groups is 3. The second kappa shape index (κ2) is 4.21. The van der Waals surface area contributed by atoms with Gasteiger partial charge in [-0.2, -0.15) is 0 Å². The van der Waals surface area contributed by atoms with Gasteiger partial charge in [0.05, 0.1) is 14.4 Å².